The number of nitrogens with zero attached hydrogens (tertiary/aromatic N) is 4. The standard InChI is InChI=1S/C17H19ClFN5O/c1-11-20-15(17(25)24-7-5-23(2)6-8-24)10-16(21-11)22-12-3-4-14(19)13(18)9-12/h3-4,9-10H,5-8H2,1-2H3,(H,20,21,22). The minimum absolute atomic E-state index is 0.0181. The number of rotatable bonds is 3. The van der Waals surface area contributed by atoms with Crippen LogP contribution in [0.2, 0.25) is 5.02 Å². The highest BCUT2D eigenvalue weighted by molar-refractivity contribution is 6.31. The molecule has 0 aliphatic carbocycles. The highest BCUT2D eigenvalue weighted by Crippen LogP contribution is 2.22. The molecule has 2 heterocycles. The average molecular weight is 364 g/mol. The van der Waals surface area contributed by atoms with Gasteiger partial charge in [0.25, 0.3) is 5.91 Å². The van der Waals surface area contributed by atoms with Crippen molar-refractivity contribution >= 4 is 29.0 Å². The minimum Gasteiger partial charge on any atom is -0.340 e. The molecule has 1 aliphatic rings. The Morgan fingerprint density at radius 3 is 2.60 bits per heavy atom. The molecule has 6 nitrogen and oxygen atoms in total. The molecule has 0 saturated carbocycles. The van der Waals surface area contributed by atoms with Crippen molar-refractivity contribution in [2.45, 2.75) is 6.92 Å². The summed E-state index contributed by atoms with van der Waals surface area (Å²) in [6, 6.07) is 5.90. The van der Waals surface area contributed by atoms with Gasteiger partial charge in [-0.3, -0.25) is 4.79 Å². The molecule has 3 rings (SSSR count). The highest BCUT2D eigenvalue weighted by Gasteiger charge is 2.22. The second-order valence-corrected chi connectivity index (χ2v) is 6.44. The predicted octanol–water partition coefficient (Wildman–Crippen LogP) is 2.71. The monoisotopic (exact) mass is 363 g/mol. The van der Waals surface area contributed by atoms with Gasteiger partial charge in [-0.25, -0.2) is 14.4 Å². The maximum absolute atomic E-state index is 13.3. The molecule has 0 unspecified atom stereocenters. The molecular formula is C17H19ClFN5O. The summed E-state index contributed by atoms with van der Waals surface area (Å²) >= 11 is 5.79. The summed E-state index contributed by atoms with van der Waals surface area (Å²) < 4.78 is 13.3. The van der Waals surface area contributed by atoms with Gasteiger partial charge >= 0.3 is 0 Å². The van der Waals surface area contributed by atoms with Gasteiger partial charge in [0.1, 0.15) is 23.2 Å². The van der Waals surface area contributed by atoms with E-state index in [9.17, 15) is 9.18 Å². The molecule has 1 fully saturated rings. The second-order valence-electron chi connectivity index (χ2n) is 6.04. The zero-order chi connectivity index (χ0) is 18.0. The summed E-state index contributed by atoms with van der Waals surface area (Å²) in [5.74, 6) is 0.346. The third-order valence-electron chi connectivity index (χ3n) is 4.04. The summed E-state index contributed by atoms with van der Waals surface area (Å²) in [4.78, 5) is 25.2. The van der Waals surface area contributed by atoms with Crippen LogP contribution in [0.1, 0.15) is 16.3 Å². The van der Waals surface area contributed by atoms with Gasteiger partial charge in [0.15, 0.2) is 0 Å². The van der Waals surface area contributed by atoms with E-state index >= 15 is 0 Å². The molecule has 1 aliphatic heterocycles. The number of aryl methyl sites for hydroxylation is 1. The number of amides is 1. The van der Waals surface area contributed by atoms with E-state index in [4.69, 9.17) is 11.6 Å². The van der Waals surface area contributed by atoms with Crippen molar-refractivity contribution < 1.29 is 9.18 Å². The third kappa shape index (κ3) is 4.24. The first-order valence-corrected chi connectivity index (χ1v) is 8.36. The Morgan fingerprint density at radius 1 is 1.20 bits per heavy atom. The van der Waals surface area contributed by atoms with Gasteiger partial charge in [-0.1, -0.05) is 11.6 Å². The van der Waals surface area contributed by atoms with Gasteiger partial charge < -0.3 is 15.1 Å². The lowest BCUT2D eigenvalue weighted by Crippen LogP contribution is -2.47. The molecule has 0 radical (unpaired) electrons. The summed E-state index contributed by atoms with van der Waals surface area (Å²) in [6.07, 6.45) is 0. The van der Waals surface area contributed by atoms with Crippen molar-refractivity contribution in [3.8, 4) is 0 Å². The van der Waals surface area contributed by atoms with Crippen molar-refractivity contribution in [1.82, 2.24) is 19.8 Å². The van der Waals surface area contributed by atoms with Crippen molar-refractivity contribution in [2.24, 2.45) is 0 Å². The number of halogens is 2. The Kier molecular flexibility index (Phi) is 5.15. The first kappa shape index (κ1) is 17.6. The molecule has 0 spiro atoms. The number of carbonyl (C=O) groups is 1. The fraction of sp³-hybridized carbons (Fsp3) is 0.353. The highest BCUT2D eigenvalue weighted by atomic mass is 35.5. The number of carbonyl (C=O) groups excluding carboxylic acids is 1. The fourth-order valence-corrected chi connectivity index (χ4v) is 2.82. The van der Waals surface area contributed by atoms with E-state index in [0.717, 1.165) is 13.1 Å². The van der Waals surface area contributed by atoms with Crippen LogP contribution in [0, 0.1) is 12.7 Å². The number of likely N-dealkylation sites (N-methyl/N-ethyl adjacent to an activating group) is 1. The number of benzene rings is 1. The topological polar surface area (TPSA) is 61.4 Å². The number of piperazine rings is 1. The van der Waals surface area contributed by atoms with E-state index in [0.29, 0.717) is 36.1 Å². The molecule has 2 aromatic rings. The van der Waals surface area contributed by atoms with Crippen molar-refractivity contribution in [2.75, 3.05) is 38.5 Å². The fourth-order valence-electron chi connectivity index (χ4n) is 2.63. The minimum atomic E-state index is -0.489. The van der Waals surface area contributed by atoms with E-state index < -0.39 is 5.82 Å². The van der Waals surface area contributed by atoms with Crippen LogP contribution in [0.4, 0.5) is 15.9 Å². The Labute approximate surface area is 150 Å². The van der Waals surface area contributed by atoms with Gasteiger partial charge in [0.05, 0.1) is 5.02 Å². The number of anilines is 2. The molecule has 132 valence electrons. The van der Waals surface area contributed by atoms with Crippen LogP contribution in [-0.2, 0) is 0 Å². The van der Waals surface area contributed by atoms with E-state index in [1.54, 1.807) is 24.0 Å². The van der Waals surface area contributed by atoms with Crippen molar-refractivity contribution in [1.29, 1.82) is 0 Å². The Bertz CT molecular complexity index is 793. The normalized spacial score (nSPS) is 15.3. The maximum atomic E-state index is 13.3. The van der Waals surface area contributed by atoms with Crippen LogP contribution in [-0.4, -0.2) is 58.9 Å². The van der Waals surface area contributed by atoms with E-state index in [-0.39, 0.29) is 10.9 Å². The van der Waals surface area contributed by atoms with Crippen molar-refractivity contribution in [3.05, 3.63) is 46.6 Å². The number of aromatic nitrogens is 2. The number of hydrogen-bond donors (Lipinski definition) is 1. The van der Waals surface area contributed by atoms with Gasteiger partial charge in [0, 0.05) is 37.9 Å². The first-order valence-electron chi connectivity index (χ1n) is 7.98. The lowest BCUT2D eigenvalue weighted by molar-refractivity contribution is 0.0658. The molecule has 0 bridgehead atoms. The second kappa shape index (κ2) is 7.33. The van der Waals surface area contributed by atoms with Crippen LogP contribution < -0.4 is 5.32 Å². The lowest BCUT2D eigenvalue weighted by Gasteiger charge is -2.32. The van der Waals surface area contributed by atoms with Gasteiger partial charge in [-0.2, -0.15) is 0 Å². The smallest absolute Gasteiger partial charge is 0.272 e. The van der Waals surface area contributed by atoms with Crippen LogP contribution in [0.25, 0.3) is 0 Å². The van der Waals surface area contributed by atoms with Gasteiger partial charge in [0.2, 0.25) is 0 Å². The Balaban J connectivity index is 1.80. The van der Waals surface area contributed by atoms with E-state index in [1.165, 1.54) is 12.1 Å². The molecule has 1 aromatic carbocycles. The van der Waals surface area contributed by atoms with Gasteiger partial charge in [-0.05, 0) is 32.2 Å². The Hall–Kier alpha value is -2.25. The molecule has 1 N–H and O–H groups in total. The molecule has 0 atom stereocenters. The molecule has 1 aromatic heterocycles. The van der Waals surface area contributed by atoms with Crippen LogP contribution in [0.15, 0.2) is 24.3 Å². The van der Waals surface area contributed by atoms with Crippen molar-refractivity contribution in [3.63, 3.8) is 0 Å². The number of hydrogen-bond acceptors (Lipinski definition) is 5. The van der Waals surface area contributed by atoms with Crippen LogP contribution in [0.5, 0.6) is 0 Å². The van der Waals surface area contributed by atoms with Crippen LogP contribution in [0.3, 0.4) is 0 Å². The lowest BCUT2D eigenvalue weighted by atomic mass is 10.2. The largest absolute Gasteiger partial charge is 0.340 e. The summed E-state index contributed by atoms with van der Waals surface area (Å²) in [5, 5.41) is 3.05. The van der Waals surface area contributed by atoms with Gasteiger partial charge in [-0.15, -0.1) is 0 Å². The predicted molar refractivity (Wildman–Crippen MR) is 94.9 cm³/mol. The quantitative estimate of drug-likeness (QED) is 0.908. The summed E-state index contributed by atoms with van der Waals surface area (Å²) in [7, 11) is 2.03. The average Bonchev–Trinajstić information content (AvgIpc) is 2.58. The zero-order valence-corrected chi connectivity index (χ0v) is 14.8. The third-order valence-corrected chi connectivity index (χ3v) is 4.33. The molecule has 1 saturated heterocycles. The molecule has 8 heteroatoms. The SMILES string of the molecule is Cc1nc(Nc2ccc(F)c(Cl)c2)cc(C(=O)N2CCN(C)CC2)n1. The Morgan fingerprint density at radius 2 is 1.92 bits per heavy atom. The molecular weight excluding hydrogens is 345 g/mol. The maximum Gasteiger partial charge on any atom is 0.272 e. The summed E-state index contributed by atoms with van der Waals surface area (Å²) in [5.41, 5.74) is 0.926. The molecule has 1 amide bonds. The van der Waals surface area contributed by atoms with E-state index in [2.05, 4.69) is 20.2 Å². The first-order chi connectivity index (χ1) is 11.9. The van der Waals surface area contributed by atoms with E-state index in [1.807, 2.05) is 7.05 Å². The summed E-state index contributed by atoms with van der Waals surface area (Å²) in [6.45, 7) is 4.76. The number of nitrogens with one attached hydrogen (secondary N) is 1. The van der Waals surface area contributed by atoms with Crippen LogP contribution >= 0.6 is 11.6 Å². The zero-order valence-electron chi connectivity index (χ0n) is 14.1. The molecule has 25 heavy (non-hydrogen) atoms.